The highest BCUT2D eigenvalue weighted by molar-refractivity contribution is 6.32. The van der Waals surface area contributed by atoms with Gasteiger partial charge in [0.15, 0.2) is 0 Å². The molecule has 0 amide bonds. The number of pyridine rings is 1. The second-order valence-electron chi connectivity index (χ2n) is 6.13. The number of rotatable bonds is 3. The fourth-order valence-corrected chi connectivity index (χ4v) is 3.34. The minimum Gasteiger partial charge on any atom is -0.306 e. The monoisotopic (exact) mass is 369 g/mol. The zero-order chi connectivity index (χ0) is 18.4. The first-order valence-corrected chi connectivity index (χ1v) is 8.42. The Labute approximate surface area is 153 Å². The Morgan fingerprint density at radius 2 is 1.96 bits per heavy atom. The lowest BCUT2D eigenvalue weighted by molar-refractivity contribution is 0.682. The van der Waals surface area contributed by atoms with Crippen molar-refractivity contribution < 1.29 is 0 Å². The molecule has 7 nitrogen and oxygen atoms in total. The number of nitrogens with one attached hydrogen (secondary N) is 1. The summed E-state index contributed by atoms with van der Waals surface area (Å²) in [7, 11) is 1.82. The zero-order valence-corrected chi connectivity index (χ0v) is 15.0. The second-order valence-corrected chi connectivity index (χ2v) is 6.53. The van der Waals surface area contributed by atoms with Crippen molar-refractivity contribution in [2.45, 2.75) is 13.5 Å². The van der Waals surface area contributed by atoms with Crippen LogP contribution in [0.4, 0.5) is 0 Å². The van der Waals surface area contributed by atoms with E-state index >= 15 is 0 Å². The Balaban J connectivity index is 1.93. The van der Waals surface area contributed by atoms with Gasteiger partial charge in [-0.3, -0.25) is 19.4 Å². The van der Waals surface area contributed by atoms with Crippen LogP contribution in [0.15, 0.2) is 52.2 Å². The Kier molecular flexibility index (Phi) is 3.81. The van der Waals surface area contributed by atoms with Gasteiger partial charge in [-0.25, -0.2) is 4.68 Å². The topological polar surface area (TPSA) is 77.6 Å². The molecule has 26 heavy (non-hydrogen) atoms. The molecular weight excluding hydrogens is 354 g/mol. The van der Waals surface area contributed by atoms with Crippen molar-refractivity contribution in [3.8, 4) is 5.69 Å². The van der Waals surface area contributed by atoms with E-state index < -0.39 is 0 Å². The quantitative estimate of drug-likeness (QED) is 0.601. The maximum atomic E-state index is 13.0. The van der Waals surface area contributed by atoms with Gasteiger partial charge < -0.3 is 4.57 Å². The SMILES string of the molecule is Cc1c2c(=O)n(-c3ccccc3Cl)[nH]c2cc(=O)n1Cc1ccn(C)n1. The first kappa shape index (κ1) is 16.4. The van der Waals surface area contributed by atoms with Crippen molar-refractivity contribution in [3.05, 3.63) is 79.7 Å². The molecule has 0 spiro atoms. The van der Waals surface area contributed by atoms with E-state index in [1.807, 2.05) is 19.3 Å². The molecule has 1 N–H and O–H groups in total. The molecule has 8 heteroatoms. The Bertz CT molecular complexity index is 1240. The summed E-state index contributed by atoms with van der Waals surface area (Å²) < 4.78 is 4.59. The number of aryl methyl sites for hydroxylation is 2. The van der Waals surface area contributed by atoms with E-state index in [9.17, 15) is 9.59 Å². The van der Waals surface area contributed by atoms with Crippen LogP contribution in [-0.2, 0) is 13.6 Å². The van der Waals surface area contributed by atoms with Crippen molar-refractivity contribution in [2.24, 2.45) is 7.05 Å². The van der Waals surface area contributed by atoms with Gasteiger partial charge in [-0.1, -0.05) is 23.7 Å². The predicted octanol–water partition coefficient (Wildman–Crippen LogP) is 2.22. The normalized spacial score (nSPS) is 11.3. The van der Waals surface area contributed by atoms with Crippen LogP contribution in [0.1, 0.15) is 11.4 Å². The fourth-order valence-electron chi connectivity index (χ4n) is 3.12. The summed E-state index contributed by atoms with van der Waals surface area (Å²) in [6, 6.07) is 10.3. The van der Waals surface area contributed by atoms with E-state index in [0.717, 1.165) is 5.69 Å². The van der Waals surface area contributed by atoms with Crippen LogP contribution >= 0.6 is 11.6 Å². The predicted molar refractivity (Wildman–Crippen MR) is 100 cm³/mol. The third-order valence-electron chi connectivity index (χ3n) is 4.40. The van der Waals surface area contributed by atoms with Crippen molar-refractivity contribution >= 4 is 22.5 Å². The molecule has 132 valence electrons. The number of fused-ring (bicyclic) bond motifs is 1. The number of hydrogen-bond donors (Lipinski definition) is 1. The number of H-pyrrole nitrogens is 1. The van der Waals surface area contributed by atoms with Crippen molar-refractivity contribution in [1.82, 2.24) is 24.1 Å². The third kappa shape index (κ3) is 2.57. The summed E-state index contributed by atoms with van der Waals surface area (Å²) in [5, 5.41) is 8.19. The van der Waals surface area contributed by atoms with E-state index in [1.165, 1.54) is 10.7 Å². The molecule has 4 aromatic rings. The number of nitrogens with zero attached hydrogens (tertiary/aromatic N) is 4. The standard InChI is InChI=1S/C18H16ClN5O2/c1-11-17-14(9-16(25)23(11)10-12-7-8-22(2)20-12)21-24(18(17)26)15-6-4-3-5-13(15)19/h3-9,21H,10H2,1-2H3. The fraction of sp³-hybridized carbons (Fsp3) is 0.167. The summed E-state index contributed by atoms with van der Waals surface area (Å²) in [6.07, 6.45) is 1.81. The van der Waals surface area contributed by atoms with Crippen LogP contribution in [0.25, 0.3) is 16.6 Å². The molecule has 0 unspecified atom stereocenters. The highest BCUT2D eigenvalue weighted by Crippen LogP contribution is 2.20. The van der Waals surface area contributed by atoms with Gasteiger partial charge in [-0.15, -0.1) is 0 Å². The molecule has 1 aromatic carbocycles. The maximum absolute atomic E-state index is 13.0. The van der Waals surface area contributed by atoms with Crippen LogP contribution in [0.2, 0.25) is 5.02 Å². The zero-order valence-electron chi connectivity index (χ0n) is 14.2. The molecule has 0 fully saturated rings. The average Bonchev–Trinajstić information content (AvgIpc) is 3.15. The number of aromatic amines is 1. The summed E-state index contributed by atoms with van der Waals surface area (Å²) in [5.74, 6) is 0. The summed E-state index contributed by atoms with van der Waals surface area (Å²) in [6.45, 7) is 2.07. The highest BCUT2D eigenvalue weighted by Gasteiger charge is 2.16. The second kappa shape index (κ2) is 6.03. The molecule has 0 saturated heterocycles. The van der Waals surface area contributed by atoms with Gasteiger partial charge in [0.1, 0.15) is 0 Å². The molecule has 0 radical (unpaired) electrons. The van der Waals surface area contributed by atoms with Crippen LogP contribution in [0.5, 0.6) is 0 Å². The Hall–Kier alpha value is -3.06. The van der Waals surface area contributed by atoms with Gasteiger partial charge in [0, 0.05) is 25.0 Å². The minimum absolute atomic E-state index is 0.201. The third-order valence-corrected chi connectivity index (χ3v) is 4.72. The number of halogens is 1. The van der Waals surface area contributed by atoms with E-state index in [1.54, 1.807) is 40.4 Å². The van der Waals surface area contributed by atoms with Crippen LogP contribution in [0, 0.1) is 6.92 Å². The van der Waals surface area contributed by atoms with Gasteiger partial charge >= 0.3 is 0 Å². The smallest absolute Gasteiger partial charge is 0.280 e. The molecular formula is C18H16ClN5O2. The van der Waals surface area contributed by atoms with Crippen LogP contribution in [-0.4, -0.2) is 24.1 Å². The first-order chi connectivity index (χ1) is 12.5. The summed E-state index contributed by atoms with van der Waals surface area (Å²) in [4.78, 5) is 25.5. The lowest BCUT2D eigenvalue weighted by Crippen LogP contribution is -2.24. The van der Waals surface area contributed by atoms with Crippen molar-refractivity contribution in [1.29, 1.82) is 0 Å². The van der Waals surface area contributed by atoms with Gasteiger partial charge in [0.25, 0.3) is 11.1 Å². The van der Waals surface area contributed by atoms with Gasteiger partial charge in [-0.2, -0.15) is 5.10 Å². The lowest BCUT2D eigenvalue weighted by atomic mass is 10.2. The summed E-state index contributed by atoms with van der Waals surface area (Å²) in [5.41, 5.74) is 1.91. The first-order valence-electron chi connectivity index (χ1n) is 8.04. The molecule has 0 aliphatic carbocycles. The number of hydrogen-bond acceptors (Lipinski definition) is 3. The van der Waals surface area contributed by atoms with E-state index in [4.69, 9.17) is 11.6 Å². The molecule has 0 aliphatic heterocycles. The molecule has 0 saturated carbocycles. The average molecular weight is 370 g/mol. The van der Waals surface area contributed by atoms with Gasteiger partial charge in [-0.05, 0) is 25.1 Å². The van der Waals surface area contributed by atoms with Crippen molar-refractivity contribution in [3.63, 3.8) is 0 Å². The number of benzene rings is 1. The van der Waals surface area contributed by atoms with E-state index in [-0.39, 0.29) is 11.1 Å². The Morgan fingerprint density at radius 3 is 2.65 bits per heavy atom. The molecule has 4 rings (SSSR count). The largest absolute Gasteiger partial charge is 0.306 e. The van der Waals surface area contributed by atoms with Crippen LogP contribution in [0.3, 0.4) is 0 Å². The van der Waals surface area contributed by atoms with Gasteiger partial charge in [0.05, 0.1) is 33.9 Å². The minimum atomic E-state index is -0.250. The molecule has 0 atom stereocenters. The molecule has 3 aromatic heterocycles. The molecule has 3 heterocycles. The van der Waals surface area contributed by atoms with E-state index in [2.05, 4.69) is 10.2 Å². The number of aromatic nitrogens is 5. The number of para-hydroxylation sites is 1. The lowest BCUT2D eigenvalue weighted by Gasteiger charge is -2.08. The van der Waals surface area contributed by atoms with Crippen molar-refractivity contribution in [2.75, 3.05) is 0 Å². The van der Waals surface area contributed by atoms with Crippen LogP contribution < -0.4 is 11.1 Å². The Morgan fingerprint density at radius 1 is 1.19 bits per heavy atom. The molecule has 0 bridgehead atoms. The summed E-state index contributed by atoms with van der Waals surface area (Å²) >= 11 is 6.21. The van der Waals surface area contributed by atoms with Gasteiger partial charge in [0.2, 0.25) is 0 Å². The highest BCUT2D eigenvalue weighted by atomic mass is 35.5. The maximum Gasteiger partial charge on any atom is 0.280 e. The molecule has 0 aliphatic rings. The van der Waals surface area contributed by atoms with E-state index in [0.29, 0.717) is 33.9 Å².